The van der Waals surface area contributed by atoms with Crippen molar-refractivity contribution >= 4 is 5.69 Å². The second kappa shape index (κ2) is 5.60. The fourth-order valence-electron chi connectivity index (χ4n) is 1.55. The Bertz CT molecular complexity index is 526. The van der Waals surface area contributed by atoms with Crippen LogP contribution in [-0.4, -0.2) is 0 Å². The van der Waals surface area contributed by atoms with Crippen LogP contribution in [0.4, 0.5) is 14.5 Å². The van der Waals surface area contributed by atoms with Gasteiger partial charge in [0.05, 0.1) is 13.2 Å². The van der Waals surface area contributed by atoms with E-state index in [9.17, 15) is 8.78 Å². The third-order valence-electron chi connectivity index (χ3n) is 2.51. The van der Waals surface area contributed by atoms with E-state index in [4.69, 9.17) is 10.5 Å². The highest BCUT2D eigenvalue weighted by atomic mass is 19.1. The first-order chi connectivity index (χ1) is 8.65. The molecule has 2 aromatic rings. The van der Waals surface area contributed by atoms with Crippen LogP contribution in [0.5, 0.6) is 0 Å². The van der Waals surface area contributed by atoms with Gasteiger partial charge in [-0.25, -0.2) is 8.78 Å². The van der Waals surface area contributed by atoms with Crippen LogP contribution in [0.1, 0.15) is 11.1 Å². The molecule has 0 aliphatic rings. The number of nitrogen functional groups attached to an aromatic ring is 1. The van der Waals surface area contributed by atoms with Gasteiger partial charge in [0.1, 0.15) is 11.6 Å². The zero-order chi connectivity index (χ0) is 13.0. The molecular weight excluding hydrogens is 236 g/mol. The summed E-state index contributed by atoms with van der Waals surface area (Å²) in [6.45, 7) is 0.365. The molecule has 0 aliphatic carbocycles. The fourth-order valence-corrected chi connectivity index (χ4v) is 1.55. The molecule has 2 aromatic carbocycles. The summed E-state index contributed by atoms with van der Waals surface area (Å²) in [6, 6.07) is 10.5. The Hall–Kier alpha value is -1.94. The number of anilines is 1. The topological polar surface area (TPSA) is 35.2 Å². The van der Waals surface area contributed by atoms with E-state index in [0.29, 0.717) is 12.3 Å². The van der Waals surface area contributed by atoms with E-state index >= 15 is 0 Å². The van der Waals surface area contributed by atoms with E-state index in [1.54, 1.807) is 12.1 Å². The van der Waals surface area contributed by atoms with Crippen molar-refractivity contribution in [2.75, 3.05) is 5.73 Å². The molecular formula is C14H13F2NO. The monoisotopic (exact) mass is 249 g/mol. The Balaban J connectivity index is 1.92. The number of ether oxygens (including phenoxy) is 1. The van der Waals surface area contributed by atoms with Crippen molar-refractivity contribution in [1.82, 2.24) is 0 Å². The highest BCUT2D eigenvalue weighted by molar-refractivity contribution is 5.39. The summed E-state index contributed by atoms with van der Waals surface area (Å²) in [4.78, 5) is 0. The molecule has 0 heterocycles. The Morgan fingerprint density at radius 2 is 1.67 bits per heavy atom. The van der Waals surface area contributed by atoms with Crippen LogP contribution < -0.4 is 5.73 Å². The van der Waals surface area contributed by atoms with Crippen molar-refractivity contribution < 1.29 is 13.5 Å². The Morgan fingerprint density at radius 3 is 2.39 bits per heavy atom. The average Bonchev–Trinajstić information content (AvgIpc) is 2.36. The third-order valence-corrected chi connectivity index (χ3v) is 2.51. The lowest BCUT2D eigenvalue weighted by molar-refractivity contribution is 0.104. The minimum absolute atomic E-state index is 0.0357. The molecule has 18 heavy (non-hydrogen) atoms. The summed E-state index contributed by atoms with van der Waals surface area (Å²) in [6.07, 6.45) is 0. The van der Waals surface area contributed by atoms with Crippen LogP contribution in [0, 0.1) is 11.6 Å². The van der Waals surface area contributed by atoms with Gasteiger partial charge < -0.3 is 10.5 Å². The maximum atomic E-state index is 13.3. The predicted octanol–water partition coefficient (Wildman–Crippen LogP) is 3.26. The molecule has 0 atom stereocenters. The molecule has 2 rings (SSSR count). The SMILES string of the molecule is Nc1ccc(COCc2cc(F)ccc2F)cc1. The van der Waals surface area contributed by atoms with Crippen molar-refractivity contribution in [2.24, 2.45) is 0 Å². The van der Waals surface area contributed by atoms with Gasteiger partial charge in [0.25, 0.3) is 0 Å². The average molecular weight is 249 g/mol. The predicted molar refractivity (Wildman–Crippen MR) is 65.7 cm³/mol. The second-order valence-corrected chi connectivity index (χ2v) is 3.97. The number of hydrogen-bond acceptors (Lipinski definition) is 2. The van der Waals surface area contributed by atoms with Crippen LogP contribution in [-0.2, 0) is 18.0 Å². The minimum atomic E-state index is -0.470. The van der Waals surface area contributed by atoms with Crippen molar-refractivity contribution in [2.45, 2.75) is 13.2 Å². The Labute approximate surface area is 104 Å². The summed E-state index contributed by atoms with van der Waals surface area (Å²) in [5, 5.41) is 0. The largest absolute Gasteiger partial charge is 0.399 e. The third kappa shape index (κ3) is 3.28. The van der Waals surface area contributed by atoms with Gasteiger partial charge in [-0.15, -0.1) is 0 Å². The smallest absolute Gasteiger partial charge is 0.128 e. The highest BCUT2D eigenvalue weighted by Crippen LogP contribution is 2.12. The molecule has 0 amide bonds. The molecule has 2 nitrogen and oxygen atoms in total. The Kier molecular flexibility index (Phi) is 3.89. The van der Waals surface area contributed by atoms with Crippen molar-refractivity contribution in [3.05, 3.63) is 65.2 Å². The molecule has 0 saturated heterocycles. The lowest BCUT2D eigenvalue weighted by Crippen LogP contribution is -1.98. The van der Waals surface area contributed by atoms with Gasteiger partial charge >= 0.3 is 0 Å². The first-order valence-corrected chi connectivity index (χ1v) is 5.51. The van der Waals surface area contributed by atoms with Gasteiger partial charge in [0.2, 0.25) is 0 Å². The zero-order valence-corrected chi connectivity index (χ0v) is 9.70. The summed E-state index contributed by atoms with van der Waals surface area (Å²) in [7, 11) is 0. The molecule has 0 radical (unpaired) electrons. The van der Waals surface area contributed by atoms with Gasteiger partial charge in [-0.2, -0.15) is 0 Å². The van der Waals surface area contributed by atoms with Crippen LogP contribution in [0.2, 0.25) is 0 Å². The van der Waals surface area contributed by atoms with Crippen LogP contribution in [0.25, 0.3) is 0 Å². The van der Waals surface area contributed by atoms with Crippen LogP contribution >= 0.6 is 0 Å². The zero-order valence-electron chi connectivity index (χ0n) is 9.70. The van der Waals surface area contributed by atoms with Gasteiger partial charge in [0, 0.05) is 11.3 Å². The molecule has 2 N–H and O–H groups in total. The Morgan fingerprint density at radius 1 is 0.944 bits per heavy atom. The molecule has 0 aliphatic heterocycles. The molecule has 0 aromatic heterocycles. The number of halogens is 2. The maximum Gasteiger partial charge on any atom is 0.128 e. The van der Waals surface area contributed by atoms with E-state index in [1.165, 1.54) is 0 Å². The van der Waals surface area contributed by atoms with Gasteiger partial charge in [0.15, 0.2) is 0 Å². The molecule has 0 bridgehead atoms. The van der Waals surface area contributed by atoms with E-state index in [0.717, 1.165) is 23.8 Å². The standard InChI is InChI=1S/C14H13F2NO/c15-12-3-6-14(16)11(7-12)9-18-8-10-1-4-13(17)5-2-10/h1-7H,8-9,17H2. The van der Waals surface area contributed by atoms with Crippen molar-refractivity contribution in [3.8, 4) is 0 Å². The van der Waals surface area contributed by atoms with E-state index in [2.05, 4.69) is 0 Å². The summed E-state index contributed by atoms with van der Waals surface area (Å²) >= 11 is 0. The number of benzene rings is 2. The molecule has 4 heteroatoms. The molecule has 0 fully saturated rings. The van der Waals surface area contributed by atoms with E-state index < -0.39 is 11.6 Å². The molecule has 0 saturated carbocycles. The normalized spacial score (nSPS) is 10.6. The highest BCUT2D eigenvalue weighted by Gasteiger charge is 2.04. The van der Waals surface area contributed by atoms with Crippen LogP contribution in [0.3, 0.4) is 0 Å². The minimum Gasteiger partial charge on any atom is -0.399 e. The lowest BCUT2D eigenvalue weighted by Gasteiger charge is -2.06. The van der Waals surface area contributed by atoms with Crippen LogP contribution in [0.15, 0.2) is 42.5 Å². The van der Waals surface area contributed by atoms with E-state index in [-0.39, 0.29) is 12.2 Å². The summed E-state index contributed by atoms with van der Waals surface area (Å²) < 4.78 is 31.5. The first-order valence-electron chi connectivity index (χ1n) is 5.51. The van der Waals surface area contributed by atoms with Gasteiger partial charge in [-0.3, -0.25) is 0 Å². The quantitative estimate of drug-likeness (QED) is 0.844. The second-order valence-electron chi connectivity index (χ2n) is 3.97. The molecule has 0 spiro atoms. The van der Waals surface area contributed by atoms with Gasteiger partial charge in [-0.1, -0.05) is 12.1 Å². The number of hydrogen-bond donors (Lipinski definition) is 1. The maximum absolute atomic E-state index is 13.3. The van der Waals surface area contributed by atoms with Crippen molar-refractivity contribution in [1.29, 1.82) is 0 Å². The first kappa shape index (κ1) is 12.5. The lowest BCUT2D eigenvalue weighted by atomic mass is 10.2. The summed E-state index contributed by atoms with van der Waals surface area (Å²) in [5.74, 6) is -0.934. The van der Waals surface area contributed by atoms with Crippen molar-refractivity contribution in [3.63, 3.8) is 0 Å². The summed E-state index contributed by atoms with van der Waals surface area (Å²) in [5.41, 5.74) is 7.37. The molecule has 0 unspecified atom stereocenters. The van der Waals surface area contributed by atoms with E-state index in [1.807, 2.05) is 12.1 Å². The number of rotatable bonds is 4. The van der Waals surface area contributed by atoms with Gasteiger partial charge in [-0.05, 0) is 35.9 Å². The molecule has 94 valence electrons. The number of nitrogens with two attached hydrogens (primary N) is 1. The fraction of sp³-hybridized carbons (Fsp3) is 0.143.